The Morgan fingerprint density at radius 1 is 1.25 bits per heavy atom. The Balaban J connectivity index is 1.76. The van der Waals surface area contributed by atoms with Crippen LogP contribution in [-0.2, 0) is 21.2 Å². The van der Waals surface area contributed by atoms with Crippen molar-refractivity contribution in [1.82, 2.24) is 0 Å². The van der Waals surface area contributed by atoms with Gasteiger partial charge in [0.25, 0.3) is 0 Å². The van der Waals surface area contributed by atoms with E-state index in [9.17, 15) is 8.42 Å². The summed E-state index contributed by atoms with van der Waals surface area (Å²) < 4.78 is 32.6. The molecule has 0 radical (unpaired) electrons. The molecule has 110 valence electrons. The maximum Gasteiger partial charge on any atom is 0.235 e. The fraction of sp³-hybridized carbons (Fsp3) is 0.571. The minimum atomic E-state index is -3.32. The minimum Gasteiger partial charge on any atom is -0.385 e. The summed E-state index contributed by atoms with van der Waals surface area (Å²) >= 11 is 0. The molecule has 3 rings (SSSR count). The van der Waals surface area contributed by atoms with E-state index >= 15 is 0 Å². The van der Waals surface area contributed by atoms with Crippen LogP contribution in [0.1, 0.15) is 24.8 Å². The number of nitrogens with one attached hydrogen (secondary N) is 2. The number of hydrogen-bond acceptors (Lipinski definition) is 4. The van der Waals surface area contributed by atoms with Crippen LogP contribution in [0.2, 0.25) is 0 Å². The van der Waals surface area contributed by atoms with E-state index < -0.39 is 10.0 Å². The number of rotatable bonds is 3. The van der Waals surface area contributed by atoms with Crippen LogP contribution in [0.5, 0.6) is 0 Å². The molecule has 2 N–H and O–H groups in total. The lowest BCUT2D eigenvalue weighted by molar-refractivity contribution is 0.0984. The van der Waals surface area contributed by atoms with Crippen LogP contribution >= 0.6 is 0 Å². The first-order valence-corrected chi connectivity index (χ1v) is 8.66. The van der Waals surface area contributed by atoms with Gasteiger partial charge in [0.1, 0.15) is 0 Å². The van der Waals surface area contributed by atoms with Gasteiger partial charge in [-0.2, -0.15) is 0 Å². The molecule has 1 fully saturated rings. The summed E-state index contributed by atoms with van der Waals surface area (Å²) in [5, 5.41) is 2.97. The molecule has 2 heterocycles. The highest BCUT2D eigenvalue weighted by atomic mass is 32.2. The maximum atomic E-state index is 12.3. The molecular weight excluding hydrogens is 276 g/mol. The molecule has 0 aromatic heterocycles. The molecule has 1 aromatic carbocycles. The van der Waals surface area contributed by atoms with Gasteiger partial charge in [-0.05, 0) is 43.4 Å². The molecule has 2 aliphatic heterocycles. The third-order valence-electron chi connectivity index (χ3n) is 3.92. The summed E-state index contributed by atoms with van der Waals surface area (Å²) in [6.07, 6.45) is 3.31. The maximum absolute atomic E-state index is 12.3. The van der Waals surface area contributed by atoms with Crippen molar-refractivity contribution < 1.29 is 13.2 Å². The Labute approximate surface area is 119 Å². The van der Waals surface area contributed by atoms with Gasteiger partial charge in [0, 0.05) is 25.4 Å². The number of fused-ring (bicyclic) bond motifs is 1. The van der Waals surface area contributed by atoms with Gasteiger partial charge >= 0.3 is 0 Å². The highest BCUT2D eigenvalue weighted by Crippen LogP contribution is 2.27. The van der Waals surface area contributed by atoms with Crippen LogP contribution in [0.4, 0.5) is 11.4 Å². The lowest BCUT2D eigenvalue weighted by Gasteiger charge is -2.24. The van der Waals surface area contributed by atoms with Crippen molar-refractivity contribution >= 4 is 21.4 Å². The predicted octanol–water partition coefficient (Wildman–Crippen LogP) is 1.97. The first kappa shape index (κ1) is 13.7. The molecule has 2 aliphatic rings. The Morgan fingerprint density at radius 2 is 2.05 bits per heavy atom. The van der Waals surface area contributed by atoms with Crippen LogP contribution in [-0.4, -0.2) is 33.4 Å². The summed E-state index contributed by atoms with van der Waals surface area (Å²) in [5.41, 5.74) is 2.94. The second-order valence-corrected chi connectivity index (χ2v) is 7.32. The zero-order chi connectivity index (χ0) is 14.0. The van der Waals surface area contributed by atoms with Crippen molar-refractivity contribution in [2.24, 2.45) is 0 Å². The second kappa shape index (κ2) is 5.61. The quantitative estimate of drug-likeness (QED) is 0.895. The number of sulfonamides is 1. The zero-order valence-electron chi connectivity index (χ0n) is 11.4. The van der Waals surface area contributed by atoms with Crippen LogP contribution in [0.25, 0.3) is 0 Å². The Morgan fingerprint density at radius 3 is 2.85 bits per heavy atom. The van der Waals surface area contributed by atoms with E-state index in [2.05, 4.69) is 10.0 Å². The van der Waals surface area contributed by atoms with E-state index in [1.165, 1.54) is 5.56 Å². The van der Waals surface area contributed by atoms with Crippen molar-refractivity contribution in [2.75, 3.05) is 29.8 Å². The molecule has 0 aliphatic carbocycles. The van der Waals surface area contributed by atoms with E-state index in [4.69, 9.17) is 4.74 Å². The summed E-state index contributed by atoms with van der Waals surface area (Å²) in [7, 11) is -3.32. The molecule has 0 atom stereocenters. The summed E-state index contributed by atoms with van der Waals surface area (Å²) in [4.78, 5) is 0. The van der Waals surface area contributed by atoms with Crippen molar-refractivity contribution in [3.63, 3.8) is 0 Å². The molecular formula is C14H20N2O3S. The Kier molecular flexibility index (Phi) is 3.85. The molecule has 0 saturated carbocycles. The second-order valence-electron chi connectivity index (χ2n) is 5.36. The molecule has 0 bridgehead atoms. The number of aryl methyl sites for hydroxylation is 1. The predicted molar refractivity (Wildman–Crippen MR) is 79.6 cm³/mol. The molecule has 1 saturated heterocycles. The van der Waals surface area contributed by atoms with Gasteiger partial charge in [-0.1, -0.05) is 6.07 Å². The molecule has 5 nitrogen and oxygen atoms in total. The lowest BCUT2D eigenvalue weighted by Crippen LogP contribution is -2.33. The van der Waals surface area contributed by atoms with Gasteiger partial charge < -0.3 is 10.1 Å². The fourth-order valence-corrected chi connectivity index (χ4v) is 4.19. The van der Waals surface area contributed by atoms with Crippen LogP contribution in [0.15, 0.2) is 18.2 Å². The SMILES string of the molecule is O=S(=O)(Nc1ccc2c(c1)NCCC2)C1CCOCC1. The topological polar surface area (TPSA) is 67.4 Å². The Hall–Kier alpha value is -1.27. The standard InChI is InChI=1S/C14H20N2O3S/c17-20(18,13-5-8-19-9-6-13)16-12-4-3-11-2-1-7-15-14(11)10-12/h3-4,10,13,15-16H,1-2,5-9H2. The van der Waals surface area contributed by atoms with Gasteiger partial charge in [0.15, 0.2) is 0 Å². The van der Waals surface area contributed by atoms with E-state index in [0.717, 1.165) is 25.1 Å². The van der Waals surface area contributed by atoms with Crippen molar-refractivity contribution in [3.8, 4) is 0 Å². The van der Waals surface area contributed by atoms with Crippen molar-refractivity contribution in [2.45, 2.75) is 30.9 Å². The minimum absolute atomic E-state index is 0.347. The number of ether oxygens (including phenoxy) is 1. The van der Waals surface area contributed by atoms with Gasteiger partial charge in [0.2, 0.25) is 10.0 Å². The lowest BCUT2D eigenvalue weighted by atomic mass is 10.0. The first-order chi connectivity index (χ1) is 9.65. The normalized spacial score (nSPS) is 20.0. The van der Waals surface area contributed by atoms with Gasteiger partial charge in [0.05, 0.1) is 10.9 Å². The average Bonchev–Trinajstić information content (AvgIpc) is 2.48. The summed E-state index contributed by atoms with van der Waals surface area (Å²) in [6, 6.07) is 5.75. The molecule has 0 spiro atoms. The van der Waals surface area contributed by atoms with Crippen LogP contribution in [0.3, 0.4) is 0 Å². The van der Waals surface area contributed by atoms with E-state index in [1.54, 1.807) is 0 Å². The van der Waals surface area contributed by atoms with Gasteiger partial charge in [-0.3, -0.25) is 4.72 Å². The third-order valence-corrected chi connectivity index (χ3v) is 5.78. The van der Waals surface area contributed by atoms with Crippen molar-refractivity contribution in [1.29, 1.82) is 0 Å². The summed E-state index contributed by atoms with van der Waals surface area (Å²) in [5.74, 6) is 0. The molecule has 0 unspecified atom stereocenters. The van der Waals surface area contributed by atoms with E-state index in [-0.39, 0.29) is 5.25 Å². The highest BCUT2D eigenvalue weighted by molar-refractivity contribution is 7.93. The molecule has 1 aromatic rings. The zero-order valence-corrected chi connectivity index (χ0v) is 12.2. The first-order valence-electron chi connectivity index (χ1n) is 7.11. The van der Waals surface area contributed by atoms with Gasteiger partial charge in [-0.25, -0.2) is 8.42 Å². The van der Waals surface area contributed by atoms with Gasteiger partial charge in [-0.15, -0.1) is 0 Å². The number of anilines is 2. The average molecular weight is 296 g/mol. The smallest absolute Gasteiger partial charge is 0.235 e. The van der Waals surface area contributed by atoms with E-state index in [0.29, 0.717) is 31.7 Å². The third kappa shape index (κ3) is 2.91. The largest absolute Gasteiger partial charge is 0.385 e. The Bertz CT molecular complexity index is 580. The van der Waals surface area contributed by atoms with Crippen LogP contribution < -0.4 is 10.0 Å². The number of benzene rings is 1. The highest BCUT2D eigenvalue weighted by Gasteiger charge is 2.27. The van der Waals surface area contributed by atoms with E-state index in [1.807, 2.05) is 18.2 Å². The molecule has 20 heavy (non-hydrogen) atoms. The van der Waals surface area contributed by atoms with Crippen molar-refractivity contribution in [3.05, 3.63) is 23.8 Å². The van der Waals surface area contributed by atoms with Crippen LogP contribution in [0, 0.1) is 0 Å². The number of hydrogen-bond donors (Lipinski definition) is 2. The fourth-order valence-electron chi connectivity index (χ4n) is 2.76. The summed E-state index contributed by atoms with van der Waals surface area (Å²) in [6.45, 7) is 2.00. The monoisotopic (exact) mass is 296 g/mol. The molecule has 0 amide bonds. The molecule has 6 heteroatoms.